The molecule has 0 aromatic heterocycles. The predicted molar refractivity (Wildman–Crippen MR) is 77.9 cm³/mol. The van der Waals surface area contributed by atoms with Crippen molar-refractivity contribution in [2.45, 2.75) is 11.3 Å². The molecule has 0 spiro atoms. The normalized spacial score (nSPS) is 17.0. The third-order valence-electron chi connectivity index (χ3n) is 3.25. The highest BCUT2D eigenvalue weighted by atomic mass is 32.2. The van der Waals surface area contributed by atoms with Crippen LogP contribution in [0.25, 0.3) is 0 Å². The van der Waals surface area contributed by atoms with Crippen LogP contribution in [0.15, 0.2) is 23.1 Å². The number of hydrogen-bond donors (Lipinski definition) is 2. The average molecular weight is 317 g/mol. The van der Waals surface area contributed by atoms with Gasteiger partial charge in [-0.05, 0) is 31.2 Å². The number of anilines is 1. The monoisotopic (exact) mass is 317 g/mol. The Labute approximate surface area is 124 Å². The first-order chi connectivity index (χ1) is 9.97. The number of hydrogen-bond acceptors (Lipinski definition) is 5. The van der Waals surface area contributed by atoms with Gasteiger partial charge in [-0.2, -0.15) is 0 Å². The van der Waals surface area contributed by atoms with Gasteiger partial charge in [0.2, 0.25) is 10.0 Å². The number of nitrogens with two attached hydrogens (primary N) is 1. The molecule has 118 valence electrons. The standard InChI is InChI=1S/C13H20FN3O3S/c14-11-8-12(15)10-13(9-11)21(18,19)16-2-1-3-17-4-6-20-7-5-17/h8-10,16H,1-7,15H2. The SMILES string of the molecule is Nc1cc(F)cc(S(=O)(=O)NCCCN2CCOCC2)c1. The van der Waals surface area contributed by atoms with Crippen molar-refractivity contribution < 1.29 is 17.5 Å². The molecule has 0 radical (unpaired) electrons. The topological polar surface area (TPSA) is 84.7 Å². The Bertz CT molecular complexity index is 554. The summed E-state index contributed by atoms with van der Waals surface area (Å²) in [7, 11) is -3.72. The summed E-state index contributed by atoms with van der Waals surface area (Å²) in [5.74, 6) is -0.663. The van der Waals surface area contributed by atoms with E-state index in [0.29, 0.717) is 26.2 Å². The molecule has 0 aliphatic carbocycles. The van der Waals surface area contributed by atoms with Gasteiger partial charge in [-0.25, -0.2) is 17.5 Å². The van der Waals surface area contributed by atoms with Gasteiger partial charge in [-0.3, -0.25) is 4.90 Å². The van der Waals surface area contributed by atoms with E-state index in [4.69, 9.17) is 10.5 Å². The molecule has 8 heteroatoms. The fraction of sp³-hybridized carbons (Fsp3) is 0.538. The Kier molecular flexibility index (Phi) is 5.51. The van der Waals surface area contributed by atoms with Gasteiger partial charge in [-0.15, -0.1) is 0 Å². The van der Waals surface area contributed by atoms with Crippen molar-refractivity contribution in [3.63, 3.8) is 0 Å². The van der Waals surface area contributed by atoms with Crippen LogP contribution in [0.1, 0.15) is 6.42 Å². The van der Waals surface area contributed by atoms with Gasteiger partial charge in [0.05, 0.1) is 18.1 Å². The van der Waals surface area contributed by atoms with Crippen LogP contribution in [-0.4, -0.2) is 52.7 Å². The van der Waals surface area contributed by atoms with Gasteiger partial charge in [0.15, 0.2) is 0 Å². The van der Waals surface area contributed by atoms with Crippen molar-refractivity contribution in [2.75, 3.05) is 45.1 Å². The molecule has 1 saturated heterocycles. The van der Waals surface area contributed by atoms with Crippen LogP contribution in [0.5, 0.6) is 0 Å². The minimum absolute atomic E-state index is 0.0868. The maximum absolute atomic E-state index is 13.2. The summed E-state index contributed by atoms with van der Waals surface area (Å²) in [6, 6.07) is 3.28. The minimum atomic E-state index is -3.72. The van der Waals surface area contributed by atoms with Crippen LogP contribution in [-0.2, 0) is 14.8 Å². The smallest absolute Gasteiger partial charge is 0.240 e. The molecule has 0 saturated carbocycles. The van der Waals surface area contributed by atoms with Gasteiger partial charge in [0.1, 0.15) is 5.82 Å². The Morgan fingerprint density at radius 2 is 2.00 bits per heavy atom. The van der Waals surface area contributed by atoms with Crippen molar-refractivity contribution in [2.24, 2.45) is 0 Å². The predicted octanol–water partition coefficient (Wildman–Crippen LogP) is 0.409. The molecule has 1 aliphatic rings. The first-order valence-corrected chi connectivity index (χ1v) is 8.31. The number of benzene rings is 1. The zero-order valence-electron chi connectivity index (χ0n) is 11.7. The molecule has 2 rings (SSSR count). The Morgan fingerprint density at radius 1 is 1.29 bits per heavy atom. The molecule has 0 unspecified atom stereocenters. The van der Waals surface area contributed by atoms with Crippen LogP contribution < -0.4 is 10.5 Å². The van der Waals surface area contributed by atoms with Crippen LogP contribution in [0, 0.1) is 5.82 Å². The van der Waals surface area contributed by atoms with Gasteiger partial charge in [0.25, 0.3) is 0 Å². The number of nitrogens with one attached hydrogen (secondary N) is 1. The van der Waals surface area contributed by atoms with Gasteiger partial charge < -0.3 is 10.5 Å². The van der Waals surface area contributed by atoms with Crippen LogP contribution in [0.4, 0.5) is 10.1 Å². The molecule has 1 fully saturated rings. The number of nitrogen functional groups attached to an aromatic ring is 1. The number of morpholine rings is 1. The lowest BCUT2D eigenvalue weighted by Gasteiger charge is -2.26. The third-order valence-corrected chi connectivity index (χ3v) is 4.69. The van der Waals surface area contributed by atoms with Crippen LogP contribution in [0.2, 0.25) is 0 Å². The van der Waals surface area contributed by atoms with Crippen molar-refractivity contribution in [3.05, 3.63) is 24.0 Å². The molecule has 21 heavy (non-hydrogen) atoms. The molecule has 3 N–H and O–H groups in total. The Morgan fingerprint density at radius 3 is 2.67 bits per heavy atom. The molecule has 0 atom stereocenters. The van der Waals surface area contributed by atoms with E-state index in [1.165, 1.54) is 6.07 Å². The fourth-order valence-corrected chi connectivity index (χ4v) is 3.30. The van der Waals surface area contributed by atoms with E-state index in [9.17, 15) is 12.8 Å². The van der Waals surface area contributed by atoms with E-state index < -0.39 is 15.8 Å². The highest BCUT2D eigenvalue weighted by molar-refractivity contribution is 7.89. The zero-order valence-corrected chi connectivity index (χ0v) is 12.5. The number of sulfonamides is 1. The zero-order chi connectivity index (χ0) is 15.3. The number of nitrogens with zero attached hydrogens (tertiary/aromatic N) is 1. The Balaban J connectivity index is 1.83. The summed E-state index contributed by atoms with van der Waals surface area (Å²) in [6.45, 7) is 4.27. The summed E-state index contributed by atoms with van der Waals surface area (Å²) in [5, 5.41) is 0. The van der Waals surface area contributed by atoms with Crippen molar-refractivity contribution >= 4 is 15.7 Å². The summed E-state index contributed by atoms with van der Waals surface area (Å²) in [5.41, 5.74) is 5.54. The lowest BCUT2D eigenvalue weighted by Crippen LogP contribution is -2.38. The molecule has 1 heterocycles. The van der Waals surface area contributed by atoms with Crippen molar-refractivity contribution in [1.82, 2.24) is 9.62 Å². The molecule has 1 aromatic carbocycles. The molecular weight excluding hydrogens is 297 g/mol. The highest BCUT2D eigenvalue weighted by Gasteiger charge is 2.16. The van der Waals surface area contributed by atoms with E-state index in [1.807, 2.05) is 0 Å². The van der Waals surface area contributed by atoms with Gasteiger partial charge in [-0.1, -0.05) is 0 Å². The van der Waals surface area contributed by atoms with E-state index in [1.54, 1.807) is 0 Å². The fourth-order valence-electron chi connectivity index (χ4n) is 2.16. The van der Waals surface area contributed by atoms with E-state index in [0.717, 1.165) is 31.8 Å². The molecule has 6 nitrogen and oxygen atoms in total. The second kappa shape index (κ2) is 7.17. The number of ether oxygens (including phenoxy) is 1. The second-order valence-corrected chi connectivity index (χ2v) is 6.69. The lowest BCUT2D eigenvalue weighted by atomic mass is 10.3. The molecular formula is C13H20FN3O3S. The maximum atomic E-state index is 13.2. The first kappa shape index (κ1) is 16.2. The minimum Gasteiger partial charge on any atom is -0.399 e. The third kappa shape index (κ3) is 4.92. The first-order valence-electron chi connectivity index (χ1n) is 6.83. The van der Waals surface area contributed by atoms with Crippen LogP contribution in [0.3, 0.4) is 0 Å². The van der Waals surface area contributed by atoms with E-state index >= 15 is 0 Å². The largest absolute Gasteiger partial charge is 0.399 e. The lowest BCUT2D eigenvalue weighted by molar-refractivity contribution is 0.0376. The van der Waals surface area contributed by atoms with Gasteiger partial charge >= 0.3 is 0 Å². The van der Waals surface area contributed by atoms with E-state index in [2.05, 4.69) is 9.62 Å². The summed E-state index contributed by atoms with van der Waals surface area (Å²) >= 11 is 0. The van der Waals surface area contributed by atoms with Gasteiger partial charge in [0, 0.05) is 25.3 Å². The molecule has 1 aromatic rings. The summed E-state index contributed by atoms with van der Waals surface area (Å²) in [6.07, 6.45) is 0.685. The highest BCUT2D eigenvalue weighted by Crippen LogP contribution is 2.15. The molecule has 1 aliphatic heterocycles. The van der Waals surface area contributed by atoms with Crippen molar-refractivity contribution in [3.8, 4) is 0 Å². The second-order valence-electron chi connectivity index (χ2n) is 4.93. The van der Waals surface area contributed by atoms with E-state index in [-0.39, 0.29) is 10.6 Å². The van der Waals surface area contributed by atoms with Crippen molar-refractivity contribution in [1.29, 1.82) is 0 Å². The molecule has 0 amide bonds. The van der Waals surface area contributed by atoms with Crippen LogP contribution >= 0.6 is 0 Å². The number of rotatable bonds is 6. The number of halogens is 1. The average Bonchev–Trinajstić information content (AvgIpc) is 2.44. The summed E-state index contributed by atoms with van der Waals surface area (Å²) in [4.78, 5) is 2.07. The summed E-state index contributed by atoms with van der Waals surface area (Å²) < 4.78 is 44.9. The quantitative estimate of drug-likeness (QED) is 0.586. The maximum Gasteiger partial charge on any atom is 0.240 e. The Hall–Kier alpha value is -1.22. The molecule has 0 bridgehead atoms.